The van der Waals surface area contributed by atoms with Gasteiger partial charge in [0.2, 0.25) is 11.8 Å². The number of carbonyl (C=O) groups is 2. The Morgan fingerprint density at radius 1 is 0.667 bits per heavy atom. The Bertz CT molecular complexity index is 214. The van der Waals surface area contributed by atoms with Crippen LogP contribution in [0.3, 0.4) is 0 Å². The van der Waals surface area contributed by atoms with Gasteiger partial charge < -0.3 is 0 Å². The van der Waals surface area contributed by atoms with Crippen LogP contribution in [0.1, 0.15) is 51.4 Å². The molecule has 0 aliphatic carbocycles. The molecular formula is C12H24N2O2S2. The molecule has 0 spiro atoms. The highest BCUT2D eigenvalue weighted by molar-refractivity contribution is 7.80. The molecule has 0 saturated heterocycles. The van der Waals surface area contributed by atoms with Gasteiger partial charge >= 0.3 is 0 Å². The Kier molecular flexibility index (Phi) is 12.8. The fourth-order valence-electron chi connectivity index (χ4n) is 1.41. The topological polar surface area (TPSA) is 58.2 Å². The number of thiol groups is 2. The van der Waals surface area contributed by atoms with E-state index in [1.165, 1.54) is 0 Å². The zero-order valence-corrected chi connectivity index (χ0v) is 12.6. The fraction of sp³-hybridized carbons (Fsp3) is 0.833. The van der Waals surface area contributed by atoms with Crippen molar-refractivity contribution >= 4 is 37.1 Å². The summed E-state index contributed by atoms with van der Waals surface area (Å²) in [6, 6.07) is 0. The molecule has 18 heavy (non-hydrogen) atoms. The number of amides is 2. The molecule has 2 amide bonds. The van der Waals surface area contributed by atoms with E-state index in [9.17, 15) is 9.59 Å². The van der Waals surface area contributed by atoms with Crippen molar-refractivity contribution in [2.24, 2.45) is 0 Å². The summed E-state index contributed by atoms with van der Waals surface area (Å²) in [5, 5.41) is 0. The molecule has 0 heterocycles. The van der Waals surface area contributed by atoms with E-state index in [0.717, 1.165) is 50.0 Å². The summed E-state index contributed by atoms with van der Waals surface area (Å²) in [7, 11) is 0. The van der Waals surface area contributed by atoms with Gasteiger partial charge in [0, 0.05) is 12.8 Å². The second-order valence-corrected chi connectivity index (χ2v) is 5.06. The lowest BCUT2D eigenvalue weighted by Gasteiger charge is -2.07. The molecule has 0 aromatic carbocycles. The predicted molar refractivity (Wildman–Crippen MR) is 80.9 cm³/mol. The largest absolute Gasteiger partial charge is 0.273 e. The first-order valence-electron chi connectivity index (χ1n) is 6.50. The number of carbonyl (C=O) groups excluding carboxylic acids is 2. The van der Waals surface area contributed by atoms with Crippen LogP contribution in [-0.2, 0) is 9.59 Å². The summed E-state index contributed by atoms with van der Waals surface area (Å²) in [6.45, 7) is 0. The maximum absolute atomic E-state index is 11.3. The van der Waals surface area contributed by atoms with E-state index in [4.69, 9.17) is 0 Å². The summed E-state index contributed by atoms with van der Waals surface area (Å²) in [5.74, 6) is 1.45. The van der Waals surface area contributed by atoms with Gasteiger partial charge in [-0.3, -0.25) is 20.4 Å². The molecular weight excluding hydrogens is 268 g/mol. The monoisotopic (exact) mass is 292 g/mol. The number of rotatable bonds is 10. The van der Waals surface area contributed by atoms with Gasteiger partial charge in [0.25, 0.3) is 0 Å². The molecule has 0 rings (SSSR count). The van der Waals surface area contributed by atoms with Crippen LogP contribution < -0.4 is 10.9 Å². The van der Waals surface area contributed by atoms with E-state index >= 15 is 0 Å². The first-order valence-corrected chi connectivity index (χ1v) is 7.76. The molecule has 4 nitrogen and oxygen atoms in total. The van der Waals surface area contributed by atoms with Crippen LogP contribution in [0.5, 0.6) is 0 Å². The second kappa shape index (κ2) is 13.1. The van der Waals surface area contributed by atoms with Crippen LogP contribution in [0.25, 0.3) is 0 Å². The first-order chi connectivity index (χ1) is 8.70. The van der Waals surface area contributed by atoms with Crippen molar-refractivity contribution in [1.82, 2.24) is 10.9 Å². The molecule has 106 valence electrons. The average Bonchev–Trinajstić information content (AvgIpc) is 2.37. The van der Waals surface area contributed by atoms with Crippen molar-refractivity contribution in [2.45, 2.75) is 51.4 Å². The van der Waals surface area contributed by atoms with Gasteiger partial charge in [-0.25, -0.2) is 0 Å². The summed E-state index contributed by atoms with van der Waals surface area (Å²) in [5.41, 5.74) is 4.86. The minimum atomic E-state index is -0.127. The van der Waals surface area contributed by atoms with Crippen LogP contribution >= 0.6 is 25.3 Å². The van der Waals surface area contributed by atoms with E-state index in [0.29, 0.717) is 12.8 Å². The lowest BCUT2D eigenvalue weighted by Crippen LogP contribution is -2.41. The number of nitrogens with one attached hydrogen (secondary N) is 2. The van der Waals surface area contributed by atoms with Crippen molar-refractivity contribution in [2.75, 3.05) is 11.5 Å². The third kappa shape index (κ3) is 12.1. The van der Waals surface area contributed by atoms with Gasteiger partial charge in [-0.05, 0) is 37.2 Å². The maximum atomic E-state index is 11.3. The summed E-state index contributed by atoms with van der Waals surface area (Å²) >= 11 is 8.20. The zero-order chi connectivity index (χ0) is 13.6. The minimum Gasteiger partial charge on any atom is -0.273 e. The SMILES string of the molecule is O=C(CCCCCS)NNC(=O)CCCCCS. The van der Waals surface area contributed by atoms with Gasteiger partial charge in [0.05, 0.1) is 0 Å². The minimum absolute atomic E-state index is 0.127. The molecule has 0 aliphatic heterocycles. The van der Waals surface area contributed by atoms with E-state index < -0.39 is 0 Å². The highest BCUT2D eigenvalue weighted by atomic mass is 32.1. The molecule has 6 heteroatoms. The van der Waals surface area contributed by atoms with Crippen molar-refractivity contribution in [3.63, 3.8) is 0 Å². The van der Waals surface area contributed by atoms with Gasteiger partial charge in [-0.1, -0.05) is 12.8 Å². The van der Waals surface area contributed by atoms with Crippen LogP contribution in [0, 0.1) is 0 Å². The molecule has 2 N–H and O–H groups in total. The Labute approximate surface area is 120 Å². The summed E-state index contributed by atoms with van der Waals surface area (Å²) in [6.07, 6.45) is 6.61. The number of hydrazine groups is 1. The van der Waals surface area contributed by atoms with E-state index in [2.05, 4.69) is 36.1 Å². The second-order valence-electron chi connectivity index (χ2n) is 4.16. The maximum Gasteiger partial charge on any atom is 0.238 e. The van der Waals surface area contributed by atoms with Crippen LogP contribution in [0.4, 0.5) is 0 Å². The molecule has 0 atom stereocenters. The number of hydrogen-bond donors (Lipinski definition) is 4. The summed E-state index contributed by atoms with van der Waals surface area (Å²) in [4.78, 5) is 22.7. The zero-order valence-electron chi connectivity index (χ0n) is 10.8. The molecule has 0 radical (unpaired) electrons. The van der Waals surface area contributed by atoms with E-state index in [1.807, 2.05) is 0 Å². The Balaban J connectivity index is 3.39. The molecule has 0 aromatic rings. The van der Waals surface area contributed by atoms with E-state index in [-0.39, 0.29) is 11.8 Å². The molecule has 0 saturated carbocycles. The fourth-order valence-corrected chi connectivity index (χ4v) is 1.86. The average molecular weight is 292 g/mol. The van der Waals surface area contributed by atoms with Crippen LogP contribution in [-0.4, -0.2) is 23.3 Å². The van der Waals surface area contributed by atoms with Crippen molar-refractivity contribution in [3.8, 4) is 0 Å². The molecule has 0 bridgehead atoms. The highest BCUT2D eigenvalue weighted by Crippen LogP contribution is 2.01. The molecule has 0 aliphatic rings. The standard InChI is InChI=1S/C12H24N2O2S2/c15-11(7-3-1-5-9-17)13-14-12(16)8-4-2-6-10-18/h17-18H,1-10H2,(H,13,15)(H,14,16). The molecule has 0 aromatic heterocycles. The number of unbranched alkanes of at least 4 members (excludes halogenated alkanes) is 4. The summed E-state index contributed by atoms with van der Waals surface area (Å²) < 4.78 is 0. The Hall–Kier alpha value is -0.360. The van der Waals surface area contributed by atoms with Crippen LogP contribution in [0.15, 0.2) is 0 Å². The van der Waals surface area contributed by atoms with E-state index in [1.54, 1.807) is 0 Å². The lowest BCUT2D eigenvalue weighted by molar-refractivity contribution is -0.129. The number of hydrogen-bond acceptors (Lipinski definition) is 4. The Morgan fingerprint density at radius 2 is 1.06 bits per heavy atom. The Morgan fingerprint density at radius 3 is 1.39 bits per heavy atom. The van der Waals surface area contributed by atoms with Crippen molar-refractivity contribution in [1.29, 1.82) is 0 Å². The van der Waals surface area contributed by atoms with Crippen molar-refractivity contribution < 1.29 is 9.59 Å². The van der Waals surface area contributed by atoms with Gasteiger partial charge in [0.15, 0.2) is 0 Å². The van der Waals surface area contributed by atoms with Crippen LogP contribution in [0.2, 0.25) is 0 Å². The van der Waals surface area contributed by atoms with Gasteiger partial charge in [0.1, 0.15) is 0 Å². The smallest absolute Gasteiger partial charge is 0.238 e. The van der Waals surface area contributed by atoms with Crippen molar-refractivity contribution in [3.05, 3.63) is 0 Å². The third-order valence-corrected chi connectivity index (χ3v) is 3.10. The van der Waals surface area contributed by atoms with Gasteiger partial charge in [-0.15, -0.1) is 0 Å². The highest BCUT2D eigenvalue weighted by Gasteiger charge is 2.04. The molecule has 0 fully saturated rings. The normalized spacial score (nSPS) is 10.1. The quantitative estimate of drug-likeness (QED) is 0.283. The first kappa shape index (κ1) is 17.6. The lowest BCUT2D eigenvalue weighted by atomic mass is 10.2. The predicted octanol–water partition coefficient (Wildman–Crippen LogP) is 2.11. The third-order valence-electron chi connectivity index (χ3n) is 2.47. The van der Waals surface area contributed by atoms with Gasteiger partial charge in [-0.2, -0.15) is 25.3 Å². The molecule has 0 unspecified atom stereocenters.